The van der Waals surface area contributed by atoms with Crippen molar-refractivity contribution in [3.05, 3.63) is 117 Å². The number of benzene rings is 3. The maximum Gasteiger partial charge on any atom is 0.272 e. The quantitative estimate of drug-likeness (QED) is 0.177. The number of rotatable bonds is 9. The van der Waals surface area contributed by atoms with E-state index in [1.54, 1.807) is 49.2 Å². The van der Waals surface area contributed by atoms with Gasteiger partial charge in [0, 0.05) is 26.1 Å². The van der Waals surface area contributed by atoms with Crippen LogP contribution in [0.3, 0.4) is 0 Å². The Kier molecular flexibility index (Phi) is 8.84. The Morgan fingerprint density at radius 2 is 1.72 bits per heavy atom. The molecule has 0 aliphatic carbocycles. The van der Waals surface area contributed by atoms with Gasteiger partial charge in [0.1, 0.15) is 11.4 Å². The molecule has 8 heteroatoms. The van der Waals surface area contributed by atoms with Gasteiger partial charge in [-0.25, -0.2) is 0 Å². The minimum absolute atomic E-state index is 0.149. The second-order valence-corrected chi connectivity index (χ2v) is 10.1. The number of hydrogen-bond donors (Lipinski definition) is 2. The molecule has 0 aliphatic rings. The normalized spacial score (nSPS) is 11.1. The van der Waals surface area contributed by atoms with Crippen molar-refractivity contribution in [1.82, 2.24) is 5.32 Å². The zero-order valence-corrected chi connectivity index (χ0v) is 21.8. The van der Waals surface area contributed by atoms with Crippen LogP contribution < -0.4 is 15.4 Å². The van der Waals surface area contributed by atoms with Gasteiger partial charge in [0.05, 0.1) is 12.8 Å². The number of methoxy groups -OCH3 is 1. The van der Waals surface area contributed by atoms with Gasteiger partial charge in [0.2, 0.25) is 0 Å². The minimum atomic E-state index is -0.412. The number of nitrogens with one attached hydrogen (secondary N) is 2. The number of hydrogen-bond acceptors (Lipinski definition) is 5. The van der Waals surface area contributed by atoms with E-state index < -0.39 is 5.91 Å². The molecule has 3 aromatic carbocycles. The average Bonchev–Trinajstić information content (AvgIpc) is 3.42. The van der Waals surface area contributed by atoms with Crippen LogP contribution in [0.15, 0.2) is 101 Å². The summed E-state index contributed by atoms with van der Waals surface area (Å²) in [6, 6.07) is 25.7. The molecule has 2 N–H and O–H groups in total. The van der Waals surface area contributed by atoms with Crippen molar-refractivity contribution in [2.24, 2.45) is 0 Å². The maximum absolute atomic E-state index is 13.3. The number of carbonyl (C=O) groups excluding carboxylic acids is 2. The molecule has 36 heavy (non-hydrogen) atoms. The molecule has 0 spiro atoms. The molecule has 5 nitrogen and oxygen atoms in total. The van der Waals surface area contributed by atoms with Crippen LogP contribution in [0.4, 0.5) is 5.69 Å². The minimum Gasteiger partial charge on any atom is -0.497 e. The summed E-state index contributed by atoms with van der Waals surface area (Å²) in [4.78, 5) is 28.0. The summed E-state index contributed by atoms with van der Waals surface area (Å²) in [5.41, 5.74) is 2.35. The SMILES string of the molecule is COc1ccc(C(=O)N/C(=C\c2cccs2)C(=O)Nc2ccccc2SCc2ccc(Cl)cc2)cc1. The Bertz CT molecular complexity index is 1350. The van der Waals surface area contributed by atoms with Crippen molar-refractivity contribution in [2.75, 3.05) is 12.4 Å². The van der Waals surface area contributed by atoms with Crippen LogP contribution >= 0.6 is 34.7 Å². The first-order valence-corrected chi connectivity index (χ1v) is 13.2. The molecule has 0 atom stereocenters. The van der Waals surface area contributed by atoms with Gasteiger partial charge in [-0.3, -0.25) is 9.59 Å². The van der Waals surface area contributed by atoms with Crippen LogP contribution in [0.1, 0.15) is 20.8 Å². The van der Waals surface area contributed by atoms with Gasteiger partial charge < -0.3 is 15.4 Å². The Hall–Kier alpha value is -3.52. The van der Waals surface area contributed by atoms with E-state index in [9.17, 15) is 9.59 Å². The number of thioether (sulfide) groups is 1. The summed E-state index contributed by atoms with van der Waals surface area (Å²) in [5, 5.41) is 8.34. The van der Waals surface area contributed by atoms with Gasteiger partial charge in [-0.2, -0.15) is 0 Å². The summed E-state index contributed by atoms with van der Waals surface area (Å²) in [6.45, 7) is 0. The topological polar surface area (TPSA) is 67.4 Å². The fourth-order valence-electron chi connectivity index (χ4n) is 3.24. The lowest BCUT2D eigenvalue weighted by atomic mass is 10.2. The summed E-state index contributed by atoms with van der Waals surface area (Å²) in [6.07, 6.45) is 1.67. The Labute approximate surface area is 223 Å². The highest BCUT2D eigenvalue weighted by atomic mass is 35.5. The summed E-state index contributed by atoms with van der Waals surface area (Å²) < 4.78 is 5.16. The molecule has 0 fully saturated rings. The highest BCUT2D eigenvalue weighted by Gasteiger charge is 2.17. The van der Waals surface area contributed by atoms with Gasteiger partial charge in [-0.05, 0) is 71.6 Å². The Balaban J connectivity index is 1.52. The lowest BCUT2D eigenvalue weighted by Crippen LogP contribution is -2.30. The highest BCUT2D eigenvalue weighted by Crippen LogP contribution is 2.30. The zero-order chi connectivity index (χ0) is 25.3. The number of para-hydroxylation sites is 1. The number of carbonyl (C=O) groups is 2. The third-order valence-corrected chi connectivity index (χ3v) is 7.33. The Morgan fingerprint density at radius 1 is 0.972 bits per heavy atom. The molecule has 0 bridgehead atoms. The van der Waals surface area contributed by atoms with E-state index in [1.807, 2.05) is 66.0 Å². The predicted molar refractivity (Wildman–Crippen MR) is 149 cm³/mol. The van der Waals surface area contributed by atoms with E-state index in [2.05, 4.69) is 10.6 Å². The Morgan fingerprint density at radius 3 is 2.42 bits per heavy atom. The third-order valence-electron chi connectivity index (χ3n) is 5.12. The zero-order valence-electron chi connectivity index (χ0n) is 19.4. The van der Waals surface area contributed by atoms with Crippen molar-refractivity contribution in [2.45, 2.75) is 10.6 Å². The molecular weight excluding hydrogens is 512 g/mol. The molecule has 4 rings (SSSR count). The molecule has 0 unspecified atom stereocenters. The van der Waals surface area contributed by atoms with Crippen LogP contribution in [0.2, 0.25) is 5.02 Å². The van der Waals surface area contributed by atoms with Crippen molar-refractivity contribution >= 4 is 58.3 Å². The van der Waals surface area contributed by atoms with Gasteiger partial charge in [-0.15, -0.1) is 23.1 Å². The van der Waals surface area contributed by atoms with Crippen molar-refractivity contribution in [3.63, 3.8) is 0 Å². The number of ether oxygens (including phenoxy) is 1. The van der Waals surface area contributed by atoms with E-state index in [0.717, 1.165) is 21.1 Å². The number of halogens is 1. The maximum atomic E-state index is 13.3. The summed E-state index contributed by atoms with van der Waals surface area (Å²) >= 11 is 9.07. The first-order valence-electron chi connectivity index (χ1n) is 11.0. The van der Waals surface area contributed by atoms with E-state index in [-0.39, 0.29) is 11.6 Å². The lowest BCUT2D eigenvalue weighted by Gasteiger charge is -2.14. The monoisotopic (exact) mass is 534 g/mol. The molecule has 2 amide bonds. The number of amides is 2. The van der Waals surface area contributed by atoms with Crippen molar-refractivity contribution in [1.29, 1.82) is 0 Å². The molecule has 182 valence electrons. The van der Waals surface area contributed by atoms with E-state index in [0.29, 0.717) is 22.0 Å². The first kappa shape index (κ1) is 25.6. The van der Waals surface area contributed by atoms with Crippen molar-refractivity contribution in [3.8, 4) is 5.75 Å². The van der Waals surface area contributed by atoms with Gasteiger partial charge in [0.25, 0.3) is 11.8 Å². The molecule has 1 aromatic heterocycles. The number of thiophene rings is 1. The molecule has 0 radical (unpaired) electrons. The fourth-order valence-corrected chi connectivity index (χ4v) is 4.99. The molecule has 0 saturated heterocycles. The molecule has 4 aromatic rings. The fraction of sp³-hybridized carbons (Fsp3) is 0.0714. The molecule has 0 saturated carbocycles. The standard InChI is InChI=1S/C28H23ClN2O3S2/c1-34-22-14-10-20(11-15-22)27(32)31-25(17-23-5-4-16-35-23)28(33)30-24-6-2-3-7-26(24)36-18-19-8-12-21(29)13-9-19/h2-17H,18H2,1H3,(H,30,33)(H,31,32)/b25-17-. The second kappa shape index (κ2) is 12.4. The van der Waals surface area contributed by atoms with Gasteiger partial charge in [-0.1, -0.05) is 41.9 Å². The largest absolute Gasteiger partial charge is 0.497 e. The first-order chi connectivity index (χ1) is 17.5. The van der Waals surface area contributed by atoms with Crippen LogP contribution in [-0.4, -0.2) is 18.9 Å². The van der Waals surface area contributed by atoms with E-state index in [1.165, 1.54) is 11.3 Å². The van der Waals surface area contributed by atoms with Gasteiger partial charge >= 0.3 is 0 Å². The predicted octanol–water partition coefficient (Wildman–Crippen LogP) is 7.11. The van der Waals surface area contributed by atoms with Crippen LogP contribution in [0.25, 0.3) is 6.08 Å². The smallest absolute Gasteiger partial charge is 0.272 e. The average molecular weight is 535 g/mol. The van der Waals surface area contributed by atoms with E-state index in [4.69, 9.17) is 16.3 Å². The van der Waals surface area contributed by atoms with Crippen LogP contribution in [0, 0.1) is 0 Å². The van der Waals surface area contributed by atoms with Crippen LogP contribution in [-0.2, 0) is 10.5 Å². The highest BCUT2D eigenvalue weighted by molar-refractivity contribution is 7.98. The summed E-state index contributed by atoms with van der Waals surface area (Å²) in [5.74, 6) is 0.563. The van der Waals surface area contributed by atoms with Crippen LogP contribution in [0.5, 0.6) is 5.75 Å². The molecule has 0 aliphatic heterocycles. The summed E-state index contributed by atoms with van der Waals surface area (Å²) in [7, 11) is 1.56. The molecule has 1 heterocycles. The van der Waals surface area contributed by atoms with E-state index >= 15 is 0 Å². The van der Waals surface area contributed by atoms with Gasteiger partial charge in [0.15, 0.2) is 0 Å². The lowest BCUT2D eigenvalue weighted by molar-refractivity contribution is -0.113. The molecular formula is C28H23ClN2O3S2. The number of anilines is 1. The third kappa shape index (κ3) is 7.01. The van der Waals surface area contributed by atoms with Crippen molar-refractivity contribution < 1.29 is 14.3 Å². The second-order valence-electron chi connectivity index (χ2n) is 7.62.